The third-order valence-corrected chi connectivity index (χ3v) is 4.41. The molecule has 2 aromatic rings. The Morgan fingerprint density at radius 2 is 1.48 bits per heavy atom. The molecule has 0 unspecified atom stereocenters. The molecule has 2 rings (SSSR count). The van der Waals surface area contributed by atoms with Crippen LogP contribution < -0.4 is 15.6 Å². The van der Waals surface area contributed by atoms with E-state index in [1.165, 1.54) is 12.1 Å². The third-order valence-electron chi connectivity index (χ3n) is 2.96. The van der Waals surface area contributed by atoms with Gasteiger partial charge in [-0.3, -0.25) is 20.4 Å². The van der Waals surface area contributed by atoms with Gasteiger partial charge in [0, 0.05) is 5.56 Å². The number of hydrazine groups is 1. The summed E-state index contributed by atoms with van der Waals surface area (Å²) in [5.41, 5.74) is 4.33. The molecule has 0 aliphatic heterocycles. The van der Waals surface area contributed by atoms with E-state index < -0.39 is 44.9 Å². The highest BCUT2D eigenvalue weighted by atomic mass is 32.2. The minimum Gasteiger partial charge on any atom is -0.272 e. The number of benzene rings is 2. The van der Waals surface area contributed by atoms with Gasteiger partial charge in [0.2, 0.25) is 10.0 Å². The van der Waals surface area contributed by atoms with Gasteiger partial charge in [0.15, 0.2) is 4.90 Å². The van der Waals surface area contributed by atoms with Crippen LogP contribution in [0.3, 0.4) is 0 Å². The Morgan fingerprint density at radius 3 is 2.08 bits per heavy atom. The summed E-state index contributed by atoms with van der Waals surface area (Å²) in [6.45, 7) is -0.828. The van der Waals surface area contributed by atoms with Gasteiger partial charge in [-0.15, -0.1) is 0 Å². The summed E-state index contributed by atoms with van der Waals surface area (Å²) in [5.74, 6) is -4.11. The second-order valence-electron chi connectivity index (χ2n) is 4.74. The van der Waals surface area contributed by atoms with E-state index in [0.717, 1.165) is 18.2 Å². The van der Waals surface area contributed by atoms with Gasteiger partial charge in [0.05, 0.1) is 6.54 Å². The quantitative estimate of drug-likeness (QED) is 0.675. The molecule has 0 atom stereocenters. The molecule has 2 aromatic carbocycles. The Labute approximate surface area is 142 Å². The van der Waals surface area contributed by atoms with E-state index in [-0.39, 0.29) is 5.56 Å². The van der Waals surface area contributed by atoms with Gasteiger partial charge >= 0.3 is 0 Å². The lowest BCUT2D eigenvalue weighted by Crippen LogP contribution is -2.46. The van der Waals surface area contributed by atoms with Crippen LogP contribution in [0.15, 0.2) is 53.4 Å². The number of sulfonamides is 1. The fourth-order valence-electron chi connectivity index (χ4n) is 1.80. The van der Waals surface area contributed by atoms with Gasteiger partial charge in [-0.05, 0) is 24.3 Å². The molecule has 0 bridgehead atoms. The van der Waals surface area contributed by atoms with Crippen LogP contribution in [0.4, 0.5) is 8.78 Å². The molecule has 0 saturated carbocycles. The predicted molar refractivity (Wildman–Crippen MR) is 83.6 cm³/mol. The molecule has 2 amide bonds. The number of hydrogen-bond donors (Lipinski definition) is 3. The van der Waals surface area contributed by atoms with E-state index in [4.69, 9.17) is 0 Å². The highest BCUT2D eigenvalue weighted by Gasteiger charge is 2.24. The molecule has 25 heavy (non-hydrogen) atoms. The zero-order valence-electron chi connectivity index (χ0n) is 12.6. The van der Waals surface area contributed by atoms with Gasteiger partial charge in [-0.1, -0.05) is 24.3 Å². The minimum atomic E-state index is -4.58. The van der Waals surface area contributed by atoms with Gasteiger partial charge in [-0.2, -0.15) is 0 Å². The first-order valence-electron chi connectivity index (χ1n) is 6.89. The molecule has 0 fully saturated rings. The molecule has 0 heterocycles. The van der Waals surface area contributed by atoms with Crippen LogP contribution in [0.5, 0.6) is 0 Å². The maximum Gasteiger partial charge on any atom is 0.269 e. The Kier molecular flexibility index (Phi) is 5.78. The van der Waals surface area contributed by atoms with Gasteiger partial charge < -0.3 is 0 Å². The molecule has 0 saturated heterocycles. The van der Waals surface area contributed by atoms with Crippen LogP contribution in [-0.2, 0) is 14.8 Å². The monoisotopic (exact) mass is 369 g/mol. The van der Waals surface area contributed by atoms with Gasteiger partial charge in [-0.25, -0.2) is 21.9 Å². The predicted octanol–water partition coefficient (Wildman–Crippen LogP) is 0.704. The van der Waals surface area contributed by atoms with Gasteiger partial charge in [0.25, 0.3) is 11.8 Å². The zero-order valence-corrected chi connectivity index (χ0v) is 13.4. The minimum absolute atomic E-state index is 0.275. The second-order valence-corrected chi connectivity index (χ2v) is 6.45. The van der Waals surface area contributed by atoms with E-state index in [0.29, 0.717) is 0 Å². The molecule has 0 radical (unpaired) electrons. The lowest BCUT2D eigenvalue weighted by molar-refractivity contribution is -0.120. The first kappa shape index (κ1) is 18.5. The van der Waals surface area contributed by atoms with Crippen molar-refractivity contribution in [3.63, 3.8) is 0 Å². The van der Waals surface area contributed by atoms with Crippen molar-refractivity contribution in [2.24, 2.45) is 0 Å². The largest absolute Gasteiger partial charge is 0.272 e. The first-order valence-corrected chi connectivity index (χ1v) is 8.37. The molecular weight excluding hydrogens is 356 g/mol. The van der Waals surface area contributed by atoms with Gasteiger partial charge in [0.1, 0.15) is 11.6 Å². The van der Waals surface area contributed by atoms with Crippen molar-refractivity contribution in [1.29, 1.82) is 0 Å². The summed E-state index contributed by atoms with van der Waals surface area (Å²) in [5, 5.41) is 0. The van der Waals surface area contributed by atoms with Crippen molar-refractivity contribution in [2.75, 3.05) is 6.54 Å². The number of nitrogens with one attached hydrogen (secondary N) is 3. The van der Waals surface area contributed by atoms with E-state index in [9.17, 15) is 26.8 Å². The first-order chi connectivity index (χ1) is 11.8. The molecule has 0 aliphatic rings. The number of halogens is 2. The molecule has 132 valence electrons. The molecule has 0 spiro atoms. The van der Waals surface area contributed by atoms with Crippen LogP contribution in [0, 0.1) is 11.6 Å². The standard InChI is InChI=1S/C15H13F2N3O4S/c16-11-7-4-8-12(17)14(11)25(23,24)18-9-13(21)19-20-15(22)10-5-2-1-3-6-10/h1-8,18H,9H2,(H,19,21)(H,20,22). The SMILES string of the molecule is O=C(CNS(=O)(=O)c1c(F)cccc1F)NNC(=O)c1ccccc1. The molecule has 0 aromatic heterocycles. The van der Waals surface area contributed by atoms with Crippen molar-refractivity contribution < 1.29 is 26.8 Å². The van der Waals surface area contributed by atoms with E-state index in [2.05, 4.69) is 5.43 Å². The second kappa shape index (κ2) is 7.81. The highest BCUT2D eigenvalue weighted by Crippen LogP contribution is 2.17. The molecular formula is C15H13F2N3O4S. The summed E-state index contributed by atoms with van der Waals surface area (Å²) in [6.07, 6.45) is 0. The van der Waals surface area contributed by atoms with Crippen LogP contribution in [0.2, 0.25) is 0 Å². The Morgan fingerprint density at radius 1 is 0.880 bits per heavy atom. The van der Waals surface area contributed by atoms with Crippen molar-refractivity contribution >= 4 is 21.8 Å². The number of carbonyl (C=O) groups excluding carboxylic acids is 2. The average Bonchev–Trinajstić information content (AvgIpc) is 2.58. The third kappa shape index (κ3) is 4.81. The fraction of sp³-hybridized carbons (Fsp3) is 0.0667. The summed E-state index contributed by atoms with van der Waals surface area (Å²) in [7, 11) is -4.58. The fourth-order valence-corrected chi connectivity index (χ4v) is 2.92. The molecule has 3 N–H and O–H groups in total. The van der Waals surface area contributed by atoms with Crippen LogP contribution in [0.25, 0.3) is 0 Å². The van der Waals surface area contributed by atoms with Crippen molar-refractivity contribution in [2.45, 2.75) is 4.90 Å². The molecule has 0 aliphatic carbocycles. The van der Waals surface area contributed by atoms with Crippen LogP contribution in [0.1, 0.15) is 10.4 Å². The maximum absolute atomic E-state index is 13.5. The number of rotatable bonds is 5. The highest BCUT2D eigenvalue weighted by molar-refractivity contribution is 7.89. The van der Waals surface area contributed by atoms with Crippen LogP contribution in [-0.4, -0.2) is 26.8 Å². The Balaban J connectivity index is 1.92. The van der Waals surface area contributed by atoms with Crippen molar-refractivity contribution in [3.05, 3.63) is 65.7 Å². The van der Waals surface area contributed by atoms with Crippen LogP contribution >= 0.6 is 0 Å². The number of hydrogen-bond acceptors (Lipinski definition) is 4. The van der Waals surface area contributed by atoms with E-state index >= 15 is 0 Å². The lowest BCUT2D eigenvalue weighted by atomic mass is 10.2. The average molecular weight is 369 g/mol. The number of amides is 2. The Hall–Kier alpha value is -2.85. The molecule has 7 nitrogen and oxygen atoms in total. The van der Waals surface area contributed by atoms with E-state index in [1.54, 1.807) is 22.9 Å². The van der Waals surface area contributed by atoms with Crippen molar-refractivity contribution in [1.82, 2.24) is 15.6 Å². The lowest BCUT2D eigenvalue weighted by Gasteiger charge is -2.10. The summed E-state index contributed by atoms with van der Waals surface area (Å²) >= 11 is 0. The topological polar surface area (TPSA) is 104 Å². The smallest absolute Gasteiger partial charge is 0.269 e. The number of carbonyl (C=O) groups is 2. The maximum atomic E-state index is 13.5. The Bertz CT molecular complexity index is 869. The van der Waals surface area contributed by atoms with E-state index in [1.807, 2.05) is 5.43 Å². The van der Waals surface area contributed by atoms with Crippen molar-refractivity contribution in [3.8, 4) is 0 Å². The molecule has 10 heteroatoms. The zero-order chi connectivity index (χ0) is 18.4. The summed E-state index contributed by atoms with van der Waals surface area (Å²) < 4.78 is 52.5. The normalized spacial score (nSPS) is 11.0. The summed E-state index contributed by atoms with van der Waals surface area (Å²) in [4.78, 5) is 22.1. The summed E-state index contributed by atoms with van der Waals surface area (Å²) in [6, 6.07) is 10.5.